The van der Waals surface area contributed by atoms with Crippen molar-refractivity contribution >= 4 is 12.0 Å². The van der Waals surface area contributed by atoms with Crippen molar-refractivity contribution in [1.82, 2.24) is 10.6 Å². The molecule has 0 aromatic heterocycles. The number of carbonyl (C=O) groups excluding carboxylic acids is 1. The number of hydrogen-bond donors (Lipinski definition) is 4. The summed E-state index contributed by atoms with van der Waals surface area (Å²) in [5, 5.41) is 22.3. The summed E-state index contributed by atoms with van der Waals surface area (Å²) in [7, 11) is 0. The largest absolute Gasteiger partial charge is 0.480 e. The van der Waals surface area contributed by atoms with Gasteiger partial charge in [-0.3, -0.25) is 0 Å². The van der Waals surface area contributed by atoms with Gasteiger partial charge in [0.2, 0.25) is 0 Å². The van der Waals surface area contributed by atoms with Crippen LogP contribution in [0.25, 0.3) is 0 Å². The number of carboxylic acid groups (broad SMARTS) is 1. The zero-order valence-corrected chi connectivity index (χ0v) is 10.9. The molecule has 0 aliphatic carbocycles. The first-order chi connectivity index (χ1) is 8.93. The number of benzene rings is 1. The molecule has 0 aliphatic heterocycles. The lowest BCUT2D eigenvalue weighted by Crippen LogP contribution is -2.48. The van der Waals surface area contributed by atoms with Gasteiger partial charge in [0.1, 0.15) is 0 Å². The Morgan fingerprint density at radius 1 is 1.21 bits per heavy atom. The van der Waals surface area contributed by atoms with Crippen LogP contribution in [-0.2, 0) is 4.79 Å². The van der Waals surface area contributed by atoms with Gasteiger partial charge < -0.3 is 20.8 Å². The first-order valence-electron chi connectivity index (χ1n) is 5.91. The fourth-order valence-corrected chi connectivity index (χ4v) is 1.52. The maximum absolute atomic E-state index is 11.6. The summed E-state index contributed by atoms with van der Waals surface area (Å²) < 4.78 is 0. The minimum absolute atomic E-state index is 0.256. The molecule has 2 atom stereocenters. The molecule has 0 radical (unpaired) electrons. The number of amides is 2. The number of rotatable bonds is 5. The van der Waals surface area contributed by atoms with Gasteiger partial charge in [0.25, 0.3) is 0 Å². The van der Waals surface area contributed by atoms with Crippen LogP contribution < -0.4 is 10.6 Å². The highest BCUT2D eigenvalue weighted by Gasteiger charge is 2.19. The minimum Gasteiger partial charge on any atom is -0.480 e. The average Bonchev–Trinajstić information content (AvgIpc) is 2.36. The van der Waals surface area contributed by atoms with Crippen LogP contribution in [0.2, 0.25) is 0 Å². The van der Waals surface area contributed by atoms with Crippen molar-refractivity contribution < 1.29 is 19.8 Å². The molecule has 0 spiro atoms. The molecule has 0 heterocycles. The second-order valence-electron chi connectivity index (χ2n) is 4.32. The molecule has 2 amide bonds. The van der Waals surface area contributed by atoms with Crippen molar-refractivity contribution in [2.75, 3.05) is 6.61 Å². The third-order valence-electron chi connectivity index (χ3n) is 2.71. The number of aliphatic hydroxyl groups is 1. The van der Waals surface area contributed by atoms with Gasteiger partial charge in [-0.15, -0.1) is 0 Å². The summed E-state index contributed by atoms with van der Waals surface area (Å²) in [5.41, 5.74) is 2.03. The molecule has 0 aliphatic rings. The van der Waals surface area contributed by atoms with Crippen LogP contribution in [0.15, 0.2) is 24.3 Å². The minimum atomic E-state index is -1.30. The zero-order valence-electron chi connectivity index (χ0n) is 10.9. The van der Waals surface area contributed by atoms with Gasteiger partial charge in [-0.1, -0.05) is 29.8 Å². The summed E-state index contributed by atoms with van der Waals surface area (Å²) >= 11 is 0. The van der Waals surface area contributed by atoms with E-state index in [-0.39, 0.29) is 6.04 Å². The van der Waals surface area contributed by atoms with Gasteiger partial charge in [0, 0.05) is 0 Å². The summed E-state index contributed by atoms with van der Waals surface area (Å²) in [6.45, 7) is 3.11. The molecule has 0 bridgehead atoms. The number of aliphatic hydroxyl groups excluding tert-OH is 1. The molecule has 1 aromatic rings. The number of urea groups is 1. The monoisotopic (exact) mass is 266 g/mol. The van der Waals surface area contributed by atoms with E-state index in [9.17, 15) is 9.59 Å². The molecule has 6 nitrogen and oxygen atoms in total. The summed E-state index contributed by atoms with van der Waals surface area (Å²) in [4.78, 5) is 22.2. The smallest absolute Gasteiger partial charge is 0.328 e. The Morgan fingerprint density at radius 2 is 1.79 bits per heavy atom. The van der Waals surface area contributed by atoms with Crippen LogP contribution >= 0.6 is 0 Å². The second kappa shape index (κ2) is 6.75. The highest BCUT2D eigenvalue weighted by atomic mass is 16.4. The molecule has 1 aromatic carbocycles. The van der Waals surface area contributed by atoms with Crippen molar-refractivity contribution in [3.63, 3.8) is 0 Å². The van der Waals surface area contributed by atoms with Gasteiger partial charge in [0.05, 0.1) is 12.6 Å². The van der Waals surface area contributed by atoms with Crippen LogP contribution in [0.3, 0.4) is 0 Å². The lowest BCUT2D eigenvalue weighted by atomic mass is 10.1. The highest BCUT2D eigenvalue weighted by Crippen LogP contribution is 2.12. The lowest BCUT2D eigenvalue weighted by molar-refractivity contribution is -0.140. The van der Waals surface area contributed by atoms with E-state index in [0.717, 1.165) is 11.1 Å². The topological polar surface area (TPSA) is 98.7 Å². The maximum Gasteiger partial charge on any atom is 0.328 e. The summed E-state index contributed by atoms with van der Waals surface area (Å²) in [6.07, 6.45) is 0. The Kier molecular flexibility index (Phi) is 5.32. The third-order valence-corrected chi connectivity index (χ3v) is 2.71. The van der Waals surface area contributed by atoms with Gasteiger partial charge in [-0.05, 0) is 19.4 Å². The fourth-order valence-electron chi connectivity index (χ4n) is 1.52. The number of carboxylic acids is 1. The molecule has 104 valence electrons. The molecule has 1 unspecified atom stereocenters. The Labute approximate surface area is 111 Å². The van der Waals surface area contributed by atoms with E-state index in [0.29, 0.717) is 0 Å². The quantitative estimate of drug-likeness (QED) is 0.633. The molecule has 0 saturated heterocycles. The van der Waals surface area contributed by atoms with Gasteiger partial charge in [0.15, 0.2) is 6.04 Å². The Bertz CT molecular complexity index is 444. The number of aliphatic carboxylic acids is 1. The Balaban J connectivity index is 2.56. The van der Waals surface area contributed by atoms with Crippen molar-refractivity contribution in [2.45, 2.75) is 25.9 Å². The van der Waals surface area contributed by atoms with E-state index >= 15 is 0 Å². The van der Waals surface area contributed by atoms with Crippen LogP contribution in [-0.4, -0.2) is 34.9 Å². The second-order valence-corrected chi connectivity index (χ2v) is 4.32. The van der Waals surface area contributed by atoms with Crippen molar-refractivity contribution in [3.05, 3.63) is 35.4 Å². The van der Waals surface area contributed by atoms with E-state index in [1.54, 1.807) is 6.92 Å². The molecule has 4 N–H and O–H groups in total. The molecule has 19 heavy (non-hydrogen) atoms. The normalized spacial score (nSPS) is 13.4. The van der Waals surface area contributed by atoms with E-state index in [2.05, 4.69) is 10.6 Å². The summed E-state index contributed by atoms with van der Waals surface area (Å²) in [5.74, 6) is -1.28. The van der Waals surface area contributed by atoms with E-state index in [1.165, 1.54) is 0 Å². The number of carbonyl (C=O) groups is 2. The fraction of sp³-hybridized carbons (Fsp3) is 0.385. The van der Waals surface area contributed by atoms with Crippen molar-refractivity contribution in [2.24, 2.45) is 0 Å². The molecule has 0 fully saturated rings. The predicted molar refractivity (Wildman–Crippen MR) is 69.8 cm³/mol. The summed E-state index contributed by atoms with van der Waals surface area (Å²) in [6, 6.07) is 5.45. The van der Waals surface area contributed by atoms with Crippen LogP contribution in [0.1, 0.15) is 24.1 Å². The molecule has 0 saturated carbocycles. The number of aryl methyl sites for hydroxylation is 1. The standard InChI is InChI=1S/C13H18N2O4/c1-8-3-5-10(6-4-8)9(2)14-13(19)15-11(7-16)12(17)18/h3-6,9,11,16H,7H2,1-2H3,(H,17,18)(H2,14,15,19)/t9?,11-/m1/s1. The first kappa shape index (κ1) is 15.0. The van der Waals surface area contributed by atoms with Gasteiger partial charge >= 0.3 is 12.0 Å². The van der Waals surface area contributed by atoms with Gasteiger partial charge in [-0.2, -0.15) is 0 Å². The van der Waals surface area contributed by atoms with Crippen LogP contribution in [0.5, 0.6) is 0 Å². The van der Waals surface area contributed by atoms with Crippen LogP contribution in [0.4, 0.5) is 4.79 Å². The van der Waals surface area contributed by atoms with Crippen molar-refractivity contribution in [1.29, 1.82) is 0 Å². The lowest BCUT2D eigenvalue weighted by Gasteiger charge is -2.17. The molecule has 1 rings (SSSR count). The molecular weight excluding hydrogens is 248 g/mol. The number of hydrogen-bond acceptors (Lipinski definition) is 3. The highest BCUT2D eigenvalue weighted by molar-refractivity contribution is 5.82. The van der Waals surface area contributed by atoms with Crippen molar-refractivity contribution in [3.8, 4) is 0 Å². The van der Waals surface area contributed by atoms with E-state index < -0.39 is 24.6 Å². The maximum atomic E-state index is 11.6. The number of nitrogens with one attached hydrogen (secondary N) is 2. The first-order valence-corrected chi connectivity index (χ1v) is 5.91. The zero-order chi connectivity index (χ0) is 14.4. The van der Waals surface area contributed by atoms with E-state index in [4.69, 9.17) is 10.2 Å². The predicted octanol–water partition coefficient (Wildman–Crippen LogP) is 0.801. The van der Waals surface area contributed by atoms with E-state index in [1.807, 2.05) is 31.2 Å². The molecule has 6 heteroatoms. The Morgan fingerprint density at radius 3 is 2.26 bits per heavy atom. The molecular formula is C13H18N2O4. The van der Waals surface area contributed by atoms with Crippen LogP contribution in [0, 0.1) is 6.92 Å². The van der Waals surface area contributed by atoms with Gasteiger partial charge in [-0.25, -0.2) is 9.59 Å². The Hall–Kier alpha value is -2.08. The SMILES string of the molecule is Cc1ccc(C(C)NC(=O)N[C@H](CO)C(=O)O)cc1. The average molecular weight is 266 g/mol. The third kappa shape index (κ3) is 4.59.